The molecule has 0 unspecified atom stereocenters. The molecule has 0 radical (unpaired) electrons. The Balaban J connectivity index is 1.38. The van der Waals surface area contributed by atoms with Crippen LogP contribution in [0.5, 0.6) is 0 Å². The van der Waals surface area contributed by atoms with E-state index in [4.69, 9.17) is 9.47 Å². The van der Waals surface area contributed by atoms with E-state index in [0.717, 1.165) is 42.4 Å². The lowest BCUT2D eigenvalue weighted by atomic mass is 9.83. The lowest BCUT2D eigenvalue weighted by Gasteiger charge is -2.41. The van der Waals surface area contributed by atoms with Crippen LogP contribution in [0.4, 0.5) is 0 Å². The summed E-state index contributed by atoms with van der Waals surface area (Å²) < 4.78 is 12.6. The molecule has 2 aromatic carbocycles. The van der Waals surface area contributed by atoms with Crippen molar-refractivity contribution in [3.8, 4) is 11.1 Å². The minimum absolute atomic E-state index is 0.0397. The standard InChI is InChI=1S/C27H30N2O3/c1-19(2)26(30)29-13-10-25(11-14-29)27(31-15-16-32-27)24-7-5-20(6-8-24)22-4-3-21-9-12-28-18-23(21)17-22/h3-9,12,17-19,25H,10-11,13-16H2,1-2H3. The molecule has 5 nitrogen and oxygen atoms in total. The fourth-order valence-corrected chi connectivity index (χ4v) is 5.07. The highest BCUT2D eigenvalue weighted by atomic mass is 16.7. The maximum Gasteiger partial charge on any atom is 0.225 e. The van der Waals surface area contributed by atoms with E-state index in [1.165, 1.54) is 10.9 Å². The monoisotopic (exact) mass is 430 g/mol. The van der Waals surface area contributed by atoms with E-state index in [2.05, 4.69) is 47.4 Å². The topological polar surface area (TPSA) is 51.7 Å². The Hall–Kier alpha value is -2.76. The van der Waals surface area contributed by atoms with E-state index in [-0.39, 0.29) is 17.7 Å². The number of fused-ring (bicyclic) bond motifs is 1. The molecule has 2 saturated heterocycles. The average Bonchev–Trinajstić information content (AvgIpc) is 3.35. The van der Waals surface area contributed by atoms with Crippen molar-refractivity contribution in [2.75, 3.05) is 26.3 Å². The highest BCUT2D eigenvalue weighted by Gasteiger charge is 2.47. The molecule has 0 spiro atoms. The fourth-order valence-electron chi connectivity index (χ4n) is 5.07. The maximum absolute atomic E-state index is 12.4. The molecule has 2 aliphatic heterocycles. The van der Waals surface area contributed by atoms with Gasteiger partial charge in [-0.25, -0.2) is 0 Å². The highest BCUT2D eigenvalue weighted by molar-refractivity contribution is 5.86. The van der Waals surface area contributed by atoms with Gasteiger partial charge in [0.25, 0.3) is 0 Å². The molecule has 32 heavy (non-hydrogen) atoms. The van der Waals surface area contributed by atoms with Gasteiger partial charge < -0.3 is 14.4 Å². The van der Waals surface area contributed by atoms with Crippen molar-refractivity contribution in [3.05, 3.63) is 66.5 Å². The molecule has 1 amide bonds. The molecule has 0 bridgehead atoms. The average molecular weight is 431 g/mol. The second-order valence-corrected chi connectivity index (χ2v) is 9.13. The molecule has 5 rings (SSSR count). The minimum atomic E-state index is -0.710. The van der Waals surface area contributed by atoms with Gasteiger partial charge in [-0.2, -0.15) is 0 Å². The van der Waals surface area contributed by atoms with Gasteiger partial charge in [0.1, 0.15) is 0 Å². The van der Waals surface area contributed by atoms with Crippen LogP contribution in [0.1, 0.15) is 32.3 Å². The normalized spacial score (nSPS) is 19.0. The largest absolute Gasteiger partial charge is 0.343 e. The van der Waals surface area contributed by atoms with E-state index < -0.39 is 5.79 Å². The van der Waals surface area contributed by atoms with E-state index >= 15 is 0 Å². The zero-order chi connectivity index (χ0) is 22.1. The van der Waals surface area contributed by atoms with Crippen molar-refractivity contribution < 1.29 is 14.3 Å². The molecule has 5 heteroatoms. The van der Waals surface area contributed by atoms with Gasteiger partial charge in [0.05, 0.1) is 13.2 Å². The van der Waals surface area contributed by atoms with Gasteiger partial charge in [0, 0.05) is 48.3 Å². The SMILES string of the molecule is CC(C)C(=O)N1CCC(C2(c3ccc(-c4ccc5ccncc5c4)cc3)OCCO2)CC1. The molecule has 3 aromatic rings. The number of carbonyl (C=O) groups is 1. The molecular weight excluding hydrogens is 400 g/mol. The van der Waals surface area contributed by atoms with Crippen LogP contribution < -0.4 is 0 Å². The molecule has 2 aliphatic rings. The molecule has 1 aromatic heterocycles. The summed E-state index contributed by atoms with van der Waals surface area (Å²) in [6, 6.07) is 17.1. The van der Waals surface area contributed by atoms with Crippen molar-refractivity contribution in [1.29, 1.82) is 0 Å². The van der Waals surface area contributed by atoms with Gasteiger partial charge in [0.15, 0.2) is 5.79 Å². The molecule has 3 heterocycles. The Morgan fingerprint density at radius 3 is 2.34 bits per heavy atom. The van der Waals surface area contributed by atoms with Gasteiger partial charge in [-0.05, 0) is 41.5 Å². The first-order chi connectivity index (χ1) is 15.6. The van der Waals surface area contributed by atoms with Crippen LogP contribution >= 0.6 is 0 Å². The quantitative estimate of drug-likeness (QED) is 0.585. The Morgan fingerprint density at radius 2 is 1.66 bits per heavy atom. The zero-order valence-electron chi connectivity index (χ0n) is 18.8. The smallest absolute Gasteiger partial charge is 0.225 e. The Morgan fingerprint density at radius 1 is 0.969 bits per heavy atom. The third-order valence-electron chi connectivity index (χ3n) is 6.82. The van der Waals surface area contributed by atoms with Crippen LogP contribution in [0.15, 0.2) is 60.9 Å². The maximum atomic E-state index is 12.4. The zero-order valence-corrected chi connectivity index (χ0v) is 18.8. The Kier molecular flexibility index (Phi) is 5.70. The van der Waals surface area contributed by atoms with Crippen molar-refractivity contribution in [3.63, 3.8) is 0 Å². The second kappa shape index (κ2) is 8.64. The van der Waals surface area contributed by atoms with E-state index in [1.54, 1.807) is 0 Å². The van der Waals surface area contributed by atoms with E-state index in [1.807, 2.05) is 37.2 Å². The minimum Gasteiger partial charge on any atom is -0.343 e. The second-order valence-electron chi connectivity index (χ2n) is 9.13. The van der Waals surface area contributed by atoms with Crippen molar-refractivity contribution in [2.45, 2.75) is 32.5 Å². The number of hydrogen-bond acceptors (Lipinski definition) is 4. The lowest BCUT2D eigenvalue weighted by molar-refractivity contribution is -0.214. The van der Waals surface area contributed by atoms with Gasteiger partial charge >= 0.3 is 0 Å². The van der Waals surface area contributed by atoms with Crippen molar-refractivity contribution in [2.24, 2.45) is 11.8 Å². The third-order valence-corrected chi connectivity index (χ3v) is 6.82. The van der Waals surface area contributed by atoms with Gasteiger partial charge in [-0.15, -0.1) is 0 Å². The molecule has 0 atom stereocenters. The highest BCUT2D eigenvalue weighted by Crippen LogP contribution is 2.44. The predicted molar refractivity (Wildman–Crippen MR) is 125 cm³/mol. The van der Waals surface area contributed by atoms with Crippen LogP contribution in [0, 0.1) is 11.8 Å². The number of nitrogens with zero attached hydrogens (tertiary/aromatic N) is 2. The molecule has 2 fully saturated rings. The number of carbonyl (C=O) groups excluding carboxylic acids is 1. The van der Waals surface area contributed by atoms with E-state index in [0.29, 0.717) is 13.2 Å². The van der Waals surface area contributed by atoms with Crippen molar-refractivity contribution in [1.82, 2.24) is 9.88 Å². The number of hydrogen-bond donors (Lipinski definition) is 0. The van der Waals surface area contributed by atoms with Gasteiger partial charge in [-0.3, -0.25) is 9.78 Å². The number of likely N-dealkylation sites (tertiary alicyclic amines) is 1. The first-order valence-corrected chi connectivity index (χ1v) is 11.6. The number of ether oxygens (including phenoxy) is 2. The number of benzene rings is 2. The Bertz CT molecular complexity index is 1100. The Labute approximate surface area is 189 Å². The summed E-state index contributed by atoms with van der Waals surface area (Å²) in [6.07, 6.45) is 5.50. The van der Waals surface area contributed by atoms with Gasteiger partial charge in [0.2, 0.25) is 5.91 Å². The van der Waals surface area contributed by atoms with Crippen LogP contribution in [-0.2, 0) is 20.1 Å². The summed E-state index contributed by atoms with van der Waals surface area (Å²) in [5, 5.41) is 2.32. The summed E-state index contributed by atoms with van der Waals surface area (Å²) in [4.78, 5) is 18.6. The van der Waals surface area contributed by atoms with Crippen molar-refractivity contribution >= 4 is 16.7 Å². The summed E-state index contributed by atoms with van der Waals surface area (Å²) >= 11 is 0. The molecule has 0 N–H and O–H groups in total. The van der Waals surface area contributed by atoms with Crippen LogP contribution in [0.3, 0.4) is 0 Å². The summed E-state index contributed by atoms with van der Waals surface area (Å²) in [7, 11) is 0. The molecular formula is C27H30N2O3. The molecule has 0 aliphatic carbocycles. The van der Waals surface area contributed by atoms with Crippen LogP contribution in [0.25, 0.3) is 21.9 Å². The third kappa shape index (κ3) is 3.80. The number of pyridine rings is 1. The number of rotatable bonds is 4. The summed E-state index contributed by atoms with van der Waals surface area (Å²) in [6.45, 7) is 6.66. The molecule has 0 saturated carbocycles. The first kappa shape index (κ1) is 21.1. The van der Waals surface area contributed by atoms with E-state index in [9.17, 15) is 4.79 Å². The van der Waals surface area contributed by atoms with Crippen LogP contribution in [0.2, 0.25) is 0 Å². The number of amides is 1. The van der Waals surface area contributed by atoms with Gasteiger partial charge in [-0.1, -0.05) is 50.2 Å². The predicted octanol–water partition coefficient (Wildman–Crippen LogP) is 5.00. The van der Waals surface area contributed by atoms with Crippen LogP contribution in [-0.4, -0.2) is 42.1 Å². The molecule has 166 valence electrons. The fraction of sp³-hybridized carbons (Fsp3) is 0.407. The first-order valence-electron chi connectivity index (χ1n) is 11.6. The summed E-state index contributed by atoms with van der Waals surface area (Å²) in [5.74, 6) is -0.198. The lowest BCUT2D eigenvalue weighted by Crippen LogP contribution is -2.47. The summed E-state index contributed by atoms with van der Waals surface area (Å²) in [5.41, 5.74) is 3.39. The number of piperidine rings is 1. The number of aromatic nitrogens is 1.